The Balaban J connectivity index is 3.56. The van der Waals surface area contributed by atoms with Gasteiger partial charge in [-0.3, -0.25) is 0 Å². The minimum Gasteiger partial charge on any atom is -0.103 e. The average molecular weight is 113 g/mol. The summed E-state index contributed by atoms with van der Waals surface area (Å²) in [7, 11) is -0.182. The van der Waals surface area contributed by atoms with Gasteiger partial charge in [0.15, 0.2) is 0 Å². The molecule has 0 atom stereocenters. The summed E-state index contributed by atoms with van der Waals surface area (Å²) in [5.41, 5.74) is 2.94. The maximum atomic E-state index is 3.73. The van der Waals surface area contributed by atoms with Gasteiger partial charge in [-0.1, -0.05) is 20.4 Å². The molecule has 0 N–H and O–H groups in total. The lowest BCUT2D eigenvalue weighted by atomic mass is 10.6. The summed E-state index contributed by atoms with van der Waals surface area (Å²) in [5, 5.41) is 0. The van der Waals surface area contributed by atoms with E-state index in [9.17, 15) is 0 Å². The van der Waals surface area contributed by atoms with Gasteiger partial charge in [0.25, 0.3) is 0 Å². The van der Waals surface area contributed by atoms with Crippen molar-refractivity contribution in [3.63, 3.8) is 0 Å². The summed E-state index contributed by atoms with van der Waals surface area (Å²) in [6, 6.07) is 0. The molecular formula is C6H13Si. The topological polar surface area (TPSA) is 0 Å². The molecule has 0 unspecified atom stereocenters. The monoisotopic (exact) mass is 113 g/mol. The highest BCUT2D eigenvalue weighted by Crippen LogP contribution is 1.98. The van der Waals surface area contributed by atoms with E-state index < -0.39 is 0 Å². The first kappa shape index (κ1) is 7.09. The maximum Gasteiger partial charge on any atom is 0.00476 e. The van der Waals surface area contributed by atoms with Crippen LogP contribution in [-0.2, 0) is 0 Å². The van der Waals surface area contributed by atoms with E-state index in [2.05, 4.69) is 33.0 Å². The van der Waals surface area contributed by atoms with Gasteiger partial charge in [-0.2, -0.15) is 0 Å². The molecule has 0 nitrogen and oxygen atoms in total. The van der Waals surface area contributed by atoms with Crippen molar-refractivity contribution in [3.8, 4) is 0 Å². The van der Waals surface area contributed by atoms with Crippen molar-refractivity contribution in [1.29, 1.82) is 0 Å². The van der Waals surface area contributed by atoms with E-state index in [1.165, 1.54) is 0 Å². The van der Waals surface area contributed by atoms with Crippen molar-refractivity contribution in [2.45, 2.75) is 25.9 Å². The summed E-state index contributed by atoms with van der Waals surface area (Å²) in [4.78, 5) is 0. The third-order valence-electron chi connectivity index (χ3n) is 1.23. The van der Waals surface area contributed by atoms with Crippen LogP contribution in [0.4, 0.5) is 0 Å². The zero-order valence-electron chi connectivity index (χ0n) is 5.36. The Morgan fingerprint density at radius 1 is 1.57 bits per heavy atom. The number of hydrogen-bond acceptors (Lipinski definition) is 0. The van der Waals surface area contributed by atoms with Gasteiger partial charge >= 0.3 is 0 Å². The quantitative estimate of drug-likeness (QED) is 0.454. The largest absolute Gasteiger partial charge is 0.103 e. The SMILES string of the molecule is [CH2]C=[Si](C)C(C)C. The maximum absolute atomic E-state index is 3.73. The number of rotatable bonds is 1. The molecule has 0 aromatic heterocycles. The summed E-state index contributed by atoms with van der Waals surface area (Å²) in [6.45, 7) is 10.5. The first-order valence-corrected chi connectivity index (χ1v) is 4.79. The molecule has 0 aliphatic carbocycles. The van der Waals surface area contributed by atoms with E-state index in [0.29, 0.717) is 0 Å². The van der Waals surface area contributed by atoms with E-state index in [0.717, 1.165) is 5.54 Å². The van der Waals surface area contributed by atoms with Crippen LogP contribution >= 0.6 is 0 Å². The third kappa shape index (κ3) is 2.74. The molecule has 0 aromatic carbocycles. The molecule has 0 saturated carbocycles. The smallest absolute Gasteiger partial charge is 0.00476 e. The van der Waals surface area contributed by atoms with Crippen molar-refractivity contribution >= 4 is 14.1 Å². The first-order chi connectivity index (χ1) is 3.18. The molecule has 1 radical (unpaired) electrons. The van der Waals surface area contributed by atoms with E-state index in [1.54, 1.807) is 0 Å². The minimum atomic E-state index is -0.182. The summed E-state index contributed by atoms with van der Waals surface area (Å²) in [5.74, 6) is 0. The molecule has 0 heterocycles. The van der Waals surface area contributed by atoms with Crippen molar-refractivity contribution in [2.24, 2.45) is 0 Å². The normalized spacial score (nSPS) is 13.0. The van der Waals surface area contributed by atoms with E-state index in [1.807, 2.05) is 0 Å². The van der Waals surface area contributed by atoms with Gasteiger partial charge in [-0.25, -0.2) is 0 Å². The zero-order chi connectivity index (χ0) is 5.86. The van der Waals surface area contributed by atoms with E-state index in [-0.39, 0.29) is 8.41 Å². The summed E-state index contributed by atoms with van der Waals surface area (Å²) < 4.78 is 0. The molecule has 0 amide bonds. The molecule has 0 aliphatic rings. The predicted molar refractivity (Wildman–Crippen MR) is 38.1 cm³/mol. The molecule has 0 bridgehead atoms. The fourth-order valence-corrected chi connectivity index (χ4v) is 0.707. The fourth-order valence-electron chi connectivity index (χ4n) is 0.236. The van der Waals surface area contributed by atoms with Crippen LogP contribution in [0, 0.1) is 6.92 Å². The minimum absolute atomic E-state index is 0.182. The van der Waals surface area contributed by atoms with Gasteiger partial charge in [0, 0.05) is 8.41 Å². The van der Waals surface area contributed by atoms with Crippen LogP contribution in [0.5, 0.6) is 0 Å². The molecule has 0 spiro atoms. The van der Waals surface area contributed by atoms with Crippen molar-refractivity contribution in [3.05, 3.63) is 6.92 Å². The molecule has 0 saturated heterocycles. The highest BCUT2D eigenvalue weighted by molar-refractivity contribution is 6.66. The van der Waals surface area contributed by atoms with Gasteiger partial charge in [-0.05, 0) is 12.5 Å². The molecule has 0 rings (SSSR count). The summed E-state index contributed by atoms with van der Waals surface area (Å²) in [6.07, 6.45) is 0. The molecule has 0 aliphatic heterocycles. The standard InChI is InChI=1S/C6H13Si/c1-5-7(4)6(2)3/h5-6H,1H2,2-4H3. The highest BCUT2D eigenvalue weighted by Gasteiger charge is 1.91. The molecule has 0 fully saturated rings. The Labute approximate surface area is 47.8 Å². The van der Waals surface area contributed by atoms with Gasteiger partial charge < -0.3 is 0 Å². The average Bonchev–Trinajstić information content (AvgIpc) is 1.65. The molecule has 7 heavy (non-hydrogen) atoms. The molecule has 41 valence electrons. The Hall–Kier alpha value is 0.0869. The Morgan fingerprint density at radius 2 is 2.00 bits per heavy atom. The first-order valence-electron chi connectivity index (χ1n) is 2.64. The second-order valence-corrected chi connectivity index (χ2v) is 5.15. The van der Waals surface area contributed by atoms with Crippen molar-refractivity contribution in [2.75, 3.05) is 0 Å². The van der Waals surface area contributed by atoms with Gasteiger partial charge in [0.05, 0.1) is 0 Å². The zero-order valence-corrected chi connectivity index (χ0v) is 6.36. The lowest BCUT2D eigenvalue weighted by molar-refractivity contribution is 1.06. The van der Waals surface area contributed by atoms with Crippen LogP contribution < -0.4 is 0 Å². The van der Waals surface area contributed by atoms with E-state index in [4.69, 9.17) is 0 Å². The van der Waals surface area contributed by atoms with Crippen LogP contribution in [0.3, 0.4) is 0 Å². The molecule has 1 heteroatoms. The fraction of sp³-hybridized carbons (Fsp3) is 0.667. The van der Waals surface area contributed by atoms with Crippen LogP contribution in [0.2, 0.25) is 12.1 Å². The number of hydrogen-bond donors (Lipinski definition) is 0. The Bertz CT molecular complexity index is 72.2. The van der Waals surface area contributed by atoms with Crippen LogP contribution in [0.25, 0.3) is 0 Å². The second-order valence-electron chi connectivity index (χ2n) is 2.10. The van der Waals surface area contributed by atoms with Gasteiger partial charge in [0.1, 0.15) is 0 Å². The highest BCUT2D eigenvalue weighted by atomic mass is 28.2. The van der Waals surface area contributed by atoms with Crippen LogP contribution in [0.1, 0.15) is 13.8 Å². The predicted octanol–water partition coefficient (Wildman–Crippen LogP) is 1.74. The lowest BCUT2D eigenvalue weighted by Gasteiger charge is -1.98. The second kappa shape index (κ2) is 3.14. The van der Waals surface area contributed by atoms with E-state index >= 15 is 0 Å². The lowest BCUT2D eigenvalue weighted by Crippen LogP contribution is -2.01. The molecule has 0 aromatic rings. The Morgan fingerprint density at radius 3 is 2.00 bits per heavy atom. The van der Waals surface area contributed by atoms with Crippen molar-refractivity contribution < 1.29 is 0 Å². The Kier molecular flexibility index (Phi) is 3.18. The summed E-state index contributed by atoms with van der Waals surface area (Å²) >= 11 is 0. The van der Waals surface area contributed by atoms with Crippen LogP contribution in [-0.4, -0.2) is 14.1 Å². The third-order valence-corrected chi connectivity index (χ3v) is 3.70. The van der Waals surface area contributed by atoms with Crippen molar-refractivity contribution in [1.82, 2.24) is 0 Å². The van der Waals surface area contributed by atoms with Crippen LogP contribution in [0.15, 0.2) is 0 Å². The van der Waals surface area contributed by atoms with Gasteiger partial charge in [0.2, 0.25) is 0 Å². The molecular weight excluding hydrogens is 100 g/mol. The van der Waals surface area contributed by atoms with Gasteiger partial charge in [-0.15, -0.1) is 5.67 Å².